The maximum absolute atomic E-state index is 8.76. The van der Waals surface area contributed by atoms with E-state index in [4.69, 9.17) is 45.8 Å². The number of hydrogen-bond acceptors (Lipinski definition) is 3. The van der Waals surface area contributed by atoms with E-state index in [2.05, 4.69) is 4.98 Å². The average Bonchev–Trinajstić information content (AvgIpc) is 2.38. The number of nitrogen functional groups attached to an aromatic ring is 1. The van der Waals surface area contributed by atoms with Crippen molar-refractivity contribution in [1.29, 1.82) is 5.26 Å². The fraction of sp³-hybridized carbons (Fsp3) is 0.0769. The van der Waals surface area contributed by atoms with Gasteiger partial charge in [0.2, 0.25) is 0 Å². The maximum atomic E-state index is 8.76. The molecular formula is C13H8Cl3N3. The third-order valence-corrected chi connectivity index (χ3v) is 3.71. The Kier molecular flexibility index (Phi) is 4.16. The molecule has 0 fully saturated rings. The molecule has 6 heteroatoms. The van der Waals surface area contributed by atoms with Crippen LogP contribution in [0.3, 0.4) is 0 Å². The van der Waals surface area contributed by atoms with Crippen molar-refractivity contribution in [3.05, 3.63) is 45.0 Å². The number of anilines is 1. The molecular weight excluding hydrogens is 305 g/mol. The molecule has 0 aliphatic rings. The molecule has 0 aliphatic heterocycles. The Bertz CT molecular complexity index is 678. The van der Waals surface area contributed by atoms with Gasteiger partial charge in [-0.05, 0) is 23.8 Å². The molecule has 1 aromatic carbocycles. The molecule has 0 saturated heterocycles. The molecule has 0 unspecified atom stereocenters. The highest BCUT2D eigenvalue weighted by molar-refractivity contribution is 6.46. The van der Waals surface area contributed by atoms with Crippen LogP contribution in [0.2, 0.25) is 15.1 Å². The Balaban J connectivity index is 2.63. The Hall–Kier alpha value is -1.47. The fourth-order valence-electron chi connectivity index (χ4n) is 1.64. The molecule has 2 rings (SSSR count). The van der Waals surface area contributed by atoms with Crippen molar-refractivity contribution < 1.29 is 0 Å². The van der Waals surface area contributed by atoms with Crippen LogP contribution in [-0.2, 0) is 6.42 Å². The largest absolute Gasteiger partial charge is 0.397 e. The number of aromatic nitrogens is 1. The summed E-state index contributed by atoms with van der Waals surface area (Å²) in [4.78, 5) is 4.19. The van der Waals surface area contributed by atoms with Crippen molar-refractivity contribution in [3.63, 3.8) is 0 Å². The van der Waals surface area contributed by atoms with Gasteiger partial charge >= 0.3 is 0 Å². The van der Waals surface area contributed by atoms with Crippen molar-refractivity contribution in [1.82, 2.24) is 4.98 Å². The summed E-state index contributed by atoms with van der Waals surface area (Å²) in [7, 11) is 0. The lowest BCUT2D eigenvalue weighted by molar-refractivity contribution is 1.22. The Morgan fingerprint density at radius 1 is 1.21 bits per heavy atom. The SMILES string of the molecule is N#CCc1cc(-c2c(Cl)ccc(Cl)c2Cl)ncc1N. The van der Waals surface area contributed by atoms with Crippen molar-refractivity contribution in [2.45, 2.75) is 6.42 Å². The summed E-state index contributed by atoms with van der Waals surface area (Å²) in [5.74, 6) is 0. The predicted molar refractivity (Wildman–Crippen MR) is 78.4 cm³/mol. The monoisotopic (exact) mass is 311 g/mol. The lowest BCUT2D eigenvalue weighted by Crippen LogP contribution is -1.97. The van der Waals surface area contributed by atoms with Crippen molar-refractivity contribution >= 4 is 40.5 Å². The topological polar surface area (TPSA) is 62.7 Å². The van der Waals surface area contributed by atoms with E-state index in [1.54, 1.807) is 18.2 Å². The minimum absolute atomic E-state index is 0.192. The second-order valence-electron chi connectivity index (χ2n) is 3.82. The first kappa shape index (κ1) is 14.0. The molecule has 0 atom stereocenters. The lowest BCUT2D eigenvalue weighted by atomic mass is 10.1. The molecule has 0 radical (unpaired) electrons. The van der Waals surface area contributed by atoms with Gasteiger partial charge in [0.05, 0.1) is 45.1 Å². The smallest absolute Gasteiger partial charge is 0.0737 e. The normalized spacial score (nSPS) is 10.2. The molecule has 0 saturated carbocycles. The van der Waals surface area contributed by atoms with E-state index in [-0.39, 0.29) is 6.42 Å². The van der Waals surface area contributed by atoms with E-state index in [0.29, 0.717) is 37.6 Å². The van der Waals surface area contributed by atoms with E-state index in [0.717, 1.165) is 0 Å². The van der Waals surface area contributed by atoms with Crippen LogP contribution in [0.15, 0.2) is 24.4 Å². The number of hydrogen-bond donors (Lipinski definition) is 1. The predicted octanol–water partition coefficient (Wildman–Crippen LogP) is 4.36. The molecule has 19 heavy (non-hydrogen) atoms. The Morgan fingerprint density at radius 2 is 1.89 bits per heavy atom. The Labute approximate surface area is 125 Å². The highest BCUT2D eigenvalue weighted by Gasteiger charge is 2.14. The van der Waals surface area contributed by atoms with Gasteiger partial charge in [-0.1, -0.05) is 34.8 Å². The van der Waals surface area contributed by atoms with Crippen LogP contribution in [0.1, 0.15) is 5.56 Å². The number of benzene rings is 1. The minimum atomic E-state index is 0.192. The second kappa shape index (κ2) is 5.66. The van der Waals surface area contributed by atoms with Gasteiger partial charge in [0.15, 0.2) is 0 Å². The molecule has 1 aromatic heterocycles. The van der Waals surface area contributed by atoms with Crippen LogP contribution in [0.5, 0.6) is 0 Å². The van der Waals surface area contributed by atoms with Gasteiger partial charge in [-0.3, -0.25) is 4.98 Å². The van der Waals surface area contributed by atoms with Crippen LogP contribution in [0.4, 0.5) is 5.69 Å². The van der Waals surface area contributed by atoms with Crippen molar-refractivity contribution in [2.24, 2.45) is 0 Å². The van der Waals surface area contributed by atoms with Crippen LogP contribution in [0.25, 0.3) is 11.3 Å². The van der Waals surface area contributed by atoms with Gasteiger partial charge < -0.3 is 5.73 Å². The molecule has 1 heterocycles. The molecule has 96 valence electrons. The molecule has 0 amide bonds. The molecule has 2 aromatic rings. The standard InChI is InChI=1S/C13H8Cl3N3/c14-8-1-2-9(15)13(16)12(8)11-5-7(3-4-17)10(18)6-19-11/h1-2,5-6H,3,18H2. The third kappa shape index (κ3) is 2.76. The van der Waals surface area contributed by atoms with E-state index >= 15 is 0 Å². The van der Waals surface area contributed by atoms with Crippen LogP contribution < -0.4 is 5.73 Å². The number of rotatable bonds is 2. The van der Waals surface area contributed by atoms with Gasteiger partial charge in [0.25, 0.3) is 0 Å². The van der Waals surface area contributed by atoms with Gasteiger partial charge in [-0.15, -0.1) is 0 Å². The zero-order valence-electron chi connectivity index (χ0n) is 9.62. The molecule has 0 aliphatic carbocycles. The van der Waals surface area contributed by atoms with Crippen LogP contribution in [0, 0.1) is 11.3 Å². The van der Waals surface area contributed by atoms with Crippen LogP contribution >= 0.6 is 34.8 Å². The molecule has 3 nitrogen and oxygen atoms in total. The summed E-state index contributed by atoms with van der Waals surface area (Å²) < 4.78 is 0. The third-order valence-electron chi connectivity index (χ3n) is 2.59. The van der Waals surface area contributed by atoms with Gasteiger partial charge in [-0.25, -0.2) is 0 Å². The number of nitriles is 1. The minimum Gasteiger partial charge on any atom is -0.397 e. The van der Waals surface area contributed by atoms with Crippen molar-refractivity contribution in [3.8, 4) is 17.3 Å². The van der Waals surface area contributed by atoms with E-state index in [1.165, 1.54) is 6.20 Å². The zero-order valence-corrected chi connectivity index (χ0v) is 11.9. The highest BCUT2D eigenvalue weighted by Crippen LogP contribution is 2.38. The quantitative estimate of drug-likeness (QED) is 0.838. The van der Waals surface area contributed by atoms with Crippen LogP contribution in [-0.4, -0.2) is 4.98 Å². The van der Waals surface area contributed by atoms with E-state index in [1.807, 2.05) is 6.07 Å². The second-order valence-corrected chi connectivity index (χ2v) is 5.01. The number of halogens is 3. The first-order valence-electron chi connectivity index (χ1n) is 5.29. The summed E-state index contributed by atoms with van der Waals surface area (Å²) in [6.07, 6.45) is 1.67. The Morgan fingerprint density at radius 3 is 2.58 bits per heavy atom. The van der Waals surface area contributed by atoms with E-state index in [9.17, 15) is 0 Å². The van der Waals surface area contributed by atoms with Gasteiger partial charge in [0.1, 0.15) is 0 Å². The van der Waals surface area contributed by atoms with Crippen molar-refractivity contribution in [2.75, 3.05) is 5.73 Å². The number of nitrogens with two attached hydrogens (primary N) is 1. The average molecular weight is 313 g/mol. The molecule has 2 N–H and O–H groups in total. The van der Waals surface area contributed by atoms with E-state index < -0.39 is 0 Å². The summed E-state index contributed by atoms with van der Waals surface area (Å²) in [5.41, 5.74) is 7.97. The summed E-state index contributed by atoms with van der Waals surface area (Å²) in [5, 5.41) is 9.92. The van der Waals surface area contributed by atoms with Gasteiger partial charge in [0, 0.05) is 5.56 Å². The number of pyridine rings is 1. The first-order chi connectivity index (χ1) is 9.04. The maximum Gasteiger partial charge on any atom is 0.0737 e. The number of nitrogens with zero attached hydrogens (tertiary/aromatic N) is 2. The highest BCUT2D eigenvalue weighted by atomic mass is 35.5. The molecule has 0 bridgehead atoms. The summed E-state index contributed by atoms with van der Waals surface area (Å²) in [6, 6.07) is 7.00. The van der Waals surface area contributed by atoms with Gasteiger partial charge in [-0.2, -0.15) is 5.26 Å². The lowest BCUT2D eigenvalue weighted by Gasteiger charge is -2.10. The zero-order chi connectivity index (χ0) is 14.0. The summed E-state index contributed by atoms with van der Waals surface area (Å²) in [6.45, 7) is 0. The first-order valence-corrected chi connectivity index (χ1v) is 6.43. The molecule has 0 spiro atoms. The fourth-order valence-corrected chi connectivity index (χ4v) is 2.37. The summed E-state index contributed by atoms with van der Waals surface area (Å²) >= 11 is 18.2.